The second-order valence-corrected chi connectivity index (χ2v) is 6.13. The molecule has 126 valence electrons. The highest BCUT2D eigenvalue weighted by Crippen LogP contribution is 2.42. The summed E-state index contributed by atoms with van der Waals surface area (Å²) in [5, 5.41) is 4.67. The number of rotatable bonds is 7. The van der Waals surface area contributed by atoms with Gasteiger partial charge in [0.25, 0.3) is 0 Å². The monoisotopic (exact) mass is 322 g/mol. The average molecular weight is 322 g/mol. The Morgan fingerprint density at radius 1 is 0.750 bits per heavy atom. The van der Waals surface area contributed by atoms with Crippen molar-refractivity contribution in [2.24, 2.45) is 0 Å². The van der Waals surface area contributed by atoms with E-state index < -0.39 is 0 Å². The molecule has 0 saturated heterocycles. The molecule has 0 aliphatic rings. The van der Waals surface area contributed by atoms with E-state index in [0.29, 0.717) is 6.61 Å². The van der Waals surface area contributed by atoms with Crippen molar-refractivity contribution in [3.8, 4) is 11.5 Å². The van der Waals surface area contributed by atoms with Crippen molar-refractivity contribution in [3.05, 3.63) is 48.0 Å². The van der Waals surface area contributed by atoms with Crippen molar-refractivity contribution < 1.29 is 9.47 Å². The fourth-order valence-electron chi connectivity index (χ4n) is 3.13. The van der Waals surface area contributed by atoms with Crippen molar-refractivity contribution in [1.82, 2.24) is 0 Å². The van der Waals surface area contributed by atoms with E-state index in [2.05, 4.69) is 63.2 Å². The van der Waals surface area contributed by atoms with Crippen molar-refractivity contribution in [2.45, 2.75) is 40.0 Å². The van der Waals surface area contributed by atoms with Crippen LogP contribution in [0.3, 0.4) is 0 Å². The normalized spacial score (nSPS) is 11.1. The van der Waals surface area contributed by atoms with Crippen LogP contribution in [0.4, 0.5) is 0 Å². The van der Waals surface area contributed by atoms with Crippen LogP contribution in [0.15, 0.2) is 42.5 Å². The summed E-state index contributed by atoms with van der Waals surface area (Å²) in [7, 11) is 0. The molecule has 0 aliphatic carbocycles. The number of fused-ring (bicyclic) bond motifs is 2. The van der Waals surface area contributed by atoms with Crippen LogP contribution in [0.25, 0.3) is 21.5 Å². The Balaban J connectivity index is 2.34. The fraction of sp³-hybridized carbons (Fsp3) is 0.364. The number of benzene rings is 3. The Bertz CT molecular complexity index is 836. The molecule has 0 unspecified atom stereocenters. The van der Waals surface area contributed by atoms with E-state index in [1.165, 1.54) is 16.3 Å². The van der Waals surface area contributed by atoms with Gasteiger partial charge in [0.15, 0.2) is 0 Å². The van der Waals surface area contributed by atoms with Gasteiger partial charge in [0.1, 0.15) is 11.5 Å². The standard InChI is InChI=1S/C22H26O2/c1-4-13-23-21-16(6-3)11-12-18-15-17-9-7-8-10-19(17)22(20(18)21)24-14-5-2/h7-12,15H,4-6,13-14H2,1-3H3. The molecule has 0 N–H and O–H groups in total. The minimum atomic E-state index is 0.715. The summed E-state index contributed by atoms with van der Waals surface area (Å²) in [6.07, 6.45) is 2.94. The lowest BCUT2D eigenvalue weighted by atomic mass is 9.98. The van der Waals surface area contributed by atoms with Crippen LogP contribution in [-0.2, 0) is 6.42 Å². The summed E-state index contributed by atoms with van der Waals surface area (Å²) in [6.45, 7) is 7.90. The van der Waals surface area contributed by atoms with Gasteiger partial charge in [0.05, 0.1) is 18.6 Å². The number of aryl methyl sites for hydroxylation is 1. The lowest BCUT2D eigenvalue weighted by Crippen LogP contribution is -2.02. The van der Waals surface area contributed by atoms with Gasteiger partial charge < -0.3 is 9.47 Å². The molecule has 0 heterocycles. The first-order valence-corrected chi connectivity index (χ1v) is 9.03. The smallest absolute Gasteiger partial charge is 0.138 e. The van der Waals surface area contributed by atoms with Gasteiger partial charge in [-0.05, 0) is 41.7 Å². The maximum atomic E-state index is 6.22. The molecule has 0 fully saturated rings. The van der Waals surface area contributed by atoms with Gasteiger partial charge in [-0.25, -0.2) is 0 Å². The Kier molecular flexibility index (Phi) is 5.24. The first kappa shape index (κ1) is 16.6. The van der Waals surface area contributed by atoms with Crippen molar-refractivity contribution in [3.63, 3.8) is 0 Å². The predicted molar refractivity (Wildman–Crippen MR) is 102 cm³/mol. The van der Waals surface area contributed by atoms with Gasteiger partial charge in [0.2, 0.25) is 0 Å². The molecular weight excluding hydrogens is 296 g/mol. The van der Waals surface area contributed by atoms with Crippen LogP contribution < -0.4 is 9.47 Å². The second-order valence-electron chi connectivity index (χ2n) is 6.13. The van der Waals surface area contributed by atoms with Crippen molar-refractivity contribution >= 4 is 21.5 Å². The number of hydrogen-bond acceptors (Lipinski definition) is 2. The Morgan fingerprint density at radius 3 is 2.17 bits per heavy atom. The predicted octanol–water partition coefficient (Wildman–Crippen LogP) is 6.13. The highest BCUT2D eigenvalue weighted by atomic mass is 16.5. The van der Waals surface area contributed by atoms with Gasteiger partial charge in [-0.1, -0.05) is 57.2 Å². The van der Waals surface area contributed by atoms with Crippen LogP contribution >= 0.6 is 0 Å². The molecule has 0 radical (unpaired) electrons. The summed E-state index contributed by atoms with van der Waals surface area (Å²) in [5.74, 6) is 1.96. The van der Waals surface area contributed by atoms with Crippen LogP contribution in [0, 0.1) is 0 Å². The molecule has 0 saturated carbocycles. The van der Waals surface area contributed by atoms with E-state index in [4.69, 9.17) is 9.47 Å². The number of ether oxygens (including phenoxy) is 2. The van der Waals surface area contributed by atoms with Crippen molar-refractivity contribution in [1.29, 1.82) is 0 Å². The summed E-state index contributed by atoms with van der Waals surface area (Å²) in [6, 6.07) is 15.1. The van der Waals surface area contributed by atoms with E-state index in [1.54, 1.807) is 0 Å². The maximum absolute atomic E-state index is 6.22. The largest absolute Gasteiger partial charge is 0.493 e. The highest BCUT2D eigenvalue weighted by Gasteiger charge is 2.16. The van der Waals surface area contributed by atoms with Crippen LogP contribution in [0.5, 0.6) is 11.5 Å². The fourth-order valence-corrected chi connectivity index (χ4v) is 3.13. The Labute approximate surface area is 144 Å². The van der Waals surface area contributed by atoms with Crippen LogP contribution in [-0.4, -0.2) is 13.2 Å². The quantitative estimate of drug-likeness (QED) is 0.487. The Morgan fingerprint density at radius 2 is 1.46 bits per heavy atom. The molecule has 0 aromatic heterocycles. The van der Waals surface area contributed by atoms with Crippen LogP contribution in [0.2, 0.25) is 0 Å². The molecule has 3 aromatic rings. The highest BCUT2D eigenvalue weighted by molar-refractivity contribution is 6.08. The minimum Gasteiger partial charge on any atom is -0.493 e. The lowest BCUT2D eigenvalue weighted by molar-refractivity contribution is 0.309. The molecule has 3 aromatic carbocycles. The maximum Gasteiger partial charge on any atom is 0.138 e. The zero-order valence-corrected chi connectivity index (χ0v) is 14.9. The SMILES string of the molecule is CCCOc1c(CC)ccc2cc3ccccc3c(OCCC)c12. The van der Waals surface area contributed by atoms with E-state index in [9.17, 15) is 0 Å². The summed E-state index contributed by atoms with van der Waals surface area (Å²) >= 11 is 0. The van der Waals surface area contributed by atoms with Gasteiger partial charge in [-0.3, -0.25) is 0 Å². The molecular formula is C22H26O2. The molecule has 0 spiro atoms. The first-order valence-electron chi connectivity index (χ1n) is 9.03. The lowest BCUT2D eigenvalue weighted by Gasteiger charge is -2.18. The molecule has 0 aliphatic heterocycles. The van der Waals surface area contributed by atoms with E-state index in [1.807, 2.05) is 0 Å². The third-order valence-corrected chi connectivity index (χ3v) is 4.30. The molecule has 0 bridgehead atoms. The zero-order chi connectivity index (χ0) is 16.9. The summed E-state index contributed by atoms with van der Waals surface area (Å²) < 4.78 is 12.4. The second kappa shape index (κ2) is 7.57. The third-order valence-electron chi connectivity index (χ3n) is 4.30. The number of hydrogen-bond donors (Lipinski definition) is 0. The summed E-state index contributed by atoms with van der Waals surface area (Å²) in [5.41, 5.74) is 1.24. The van der Waals surface area contributed by atoms with E-state index >= 15 is 0 Å². The van der Waals surface area contributed by atoms with Crippen LogP contribution in [0.1, 0.15) is 39.2 Å². The average Bonchev–Trinajstić information content (AvgIpc) is 2.63. The topological polar surface area (TPSA) is 18.5 Å². The first-order chi connectivity index (χ1) is 11.8. The molecule has 0 atom stereocenters. The third kappa shape index (κ3) is 3.06. The van der Waals surface area contributed by atoms with Gasteiger partial charge >= 0.3 is 0 Å². The minimum absolute atomic E-state index is 0.715. The summed E-state index contributed by atoms with van der Waals surface area (Å²) in [4.78, 5) is 0. The molecule has 0 amide bonds. The van der Waals surface area contributed by atoms with Gasteiger partial charge in [-0.2, -0.15) is 0 Å². The molecule has 3 rings (SSSR count). The van der Waals surface area contributed by atoms with E-state index in [0.717, 1.165) is 48.1 Å². The molecule has 2 nitrogen and oxygen atoms in total. The zero-order valence-electron chi connectivity index (χ0n) is 14.9. The van der Waals surface area contributed by atoms with Crippen molar-refractivity contribution in [2.75, 3.05) is 13.2 Å². The van der Waals surface area contributed by atoms with Gasteiger partial charge in [-0.15, -0.1) is 0 Å². The molecule has 24 heavy (non-hydrogen) atoms. The Hall–Kier alpha value is -2.22. The van der Waals surface area contributed by atoms with E-state index in [-0.39, 0.29) is 0 Å². The van der Waals surface area contributed by atoms with Gasteiger partial charge in [0, 0.05) is 5.39 Å². The molecule has 2 heteroatoms.